The summed E-state index contributed by atoms with van der Waals surface area (Å²) in [6.07, 6.45) is 0. The van der Waals surface area contributed by atoms with Crippen LogP contribution in [-0.2, 0) is 19.6 Å². The maximum atomic E-state index is 13.1. The second-order valence-corrected chi connectivity index (χ2v) is 10.1. The van der Waals surface area contributed by atoms with Gasteiger partial charge in [0.1, 0.15) is 5.82 Å². The largest absolute Gasteiger partial charge is 0.378 e. The summed E-state index contributed by atoms with van der Waals surface area (Å²) in [6, 6.07) is 10.8. The molecule has 2 aromatic carbocycles. The topological polar surface area (TPSA) is 79.0 Å². The van der Waals surface area contributed by atoms with Gasteiger partial charge in [0.15, 0.2) is 0 Å². The Morgan fingerprint density at radius 1 is 1.12 bits per heavy atom. The van der Waals surface area contributed by atoms with Crippen LogP contribution in [0.3, 0.4) is 0 Å². The quantitative estimate of drug-likeness (QED) is 0.553. The highest BCUT2D eigenvalue weighted by atomic mass is 32.2. The number of hydrogen-bond acceptors (Lipinski definition) is 6. The second kappa shape index (κ2) is 11.1. The maximum absolute atomic E-state index is 13.1. The Morgan fingerprint density at radius 3 is 2.41 bits per heavy atom. The van der Waals surface area contributed by atoms with E-state index in [1.165, 1.54) is 34.3 Å². The lowest BCUT2D eigenvalue weighted by atomic mass is 10.2. The first-order valence-corrected chi connectivity index (χ1v) is 12.9. The van der Waals surface area contributed by atoms with Gasteiger partial charge >= 0.3 is 0 Å². The van der Waals surface area contributed by atoms with Crippen molar-refractivity contribution in [2.75, 3.05) is 55.4 Å². The number of benzene rings is 2. The van der Waals surface area contributed by atoms with E-state index in [2.05, 4.69) is 10.2 Å². The Hall–Kier alpha value is -2.14. The molecule has 2 aromatic rings. The van der Waals surface area contributed by atoms with Gasteiger partial charge in [-0.3, -0.25) is 4.79 Å². The predicted molar refractivity (Wildman–Crippen MR) is 125 cm³/mol. The lowest BCUT2D eigenvalue weighted by Crippen LogP contribution is -2.37. The number of rotatable bonds is 9. The van der Waals surface area contributed by atoms with Crippen molar-refractivity contribution in [1.29, 1.82) is 0 Å². The molecule has 0 aromatic heterocycles. The zero-order valence-electron chi connectivity index (χ0n) is 18.2. The summed E-state index contributed by atoms with van der Waals surface area (Å²) in [5.41, 5.74) is 1.21. The minimum absolute atomic E-state index is 0.112. The van der Waals surface area contributed by atoms with Crippen LogP contribution in [0, 0.1) is 5.82 Å². The summed E-state index contributed by atoms with van der Waals surface area (Å²) in [7, 11) is -3.67. The molecule has 0 bridgehead atoms. The first-order chi connectivity index (χ1) is 15.3. The second-order valence-electron chi connectivity index (χ2n) is 7.16. The van der Waals surface area contributed by atoms with Gasteiger partial charge in [-0.25, -0.2) is 12.8 Å². The molecule has 1 fully saturated rings. The number of carbonyl (C=O) groups excluding carboxylic acids is 1. The van der Waals surface area contributed by atoms with Crippen LogP contribution < -0.4 is 10.2 Å². The monoisotopic (exact) mass is 481 g/mol. The van der Waals surface area contributed by atoms with Gasteiger partial charge in [0.2, 0.25) is 15.9 Å². The molecule has 1 saturated heterocycles. The Labute approximate surface area is 193 Å². The average molecular weight is 482 g/mol. The van der Waals surface area contributed by atoms with Gasteiger partial charge in [0.25, 0.3) is 0 Å². The number of halogens is 1. The van der Waals surface area contributed by atoms with Gasteiger partial charge in [0, 0.05) is 31.1 Å². The average Bonchev–Trinajstić information content (AvgIpc) is 2.80. The Balaban J connectivity index is 1.84. The summed E-state index contributed by atoms with van der Waals surface area (Å²) >= 11 is 1.28. The van der Waals surface area contributed by atoms with Gasteiger partial charge < -0.3 is 15.0 Å². The summed E-state index contributed by atoms with van der Waals surface area (Å²) in [5, 5.41) is 2.88. The highest BCUT2D eigenvalue weighted by molar-refractivity contribution is 8.00. The molecule has 1 N–H and O–H groups in total. The van der Waals surface area contributed by atoms with Gasteiger partial charge in [-0.05, 0) is 42.5 Å². The predicted octanol–water partition coefficient (Wildman–Crippen LogP) is 3.42. The number of morpholine rings is 1. The van der Waals surface area contributed by atoms with E-state index >= 15 is 0 Å². The molecule has 1 amide bonds. The number of amides is 1. The van der Waals surface area contributed by atoms with Crippen LogP contribution in [0.4, 0.5) is 15.8 Å². The smallest absolute Gasteiger partial charge is 0.243 e. The van der Waals surface area contributed by atoms with Crippen molar-refractivity contribution >= 4 is 39.1 Å². The Kier molecular flexibility index (Phi) is 8.52. The van der Waals surface area contributed by atoms with Crippen LogP contribution in [-0.4, -0.2) is 63.8 Å². The Bertz CT molecular complexity index is 1020. The minimum Gasteiger partial charge on any atom is -0.378 e. The first kappa shape index (κ1) is 24.5. The normalized spacial score (nSPS) is 14.6. The van der Waals surface area contributed by atoms with Crippen molar-refractivity contribution < 1.29 is 22.3 Å². The molecule has 0 aliphatic carbocycles. The third-order valence-electron chi connectivity index (χ3n) is 5.12. The molecule has 10 heteroatoms. The van der Waals surface area contributed by atoms with Gasteiger partial charge in [0.05, 0.1) is 35.2 Å². The number of nitrogens with one attached hydrogen (secondary N) is 1. The minimum atomic E-state index is -3.67. The van der Waals surface area contributed by atoms with Crippen molar-refractivity contribution in [2.24, 2.45) is 0 Å². The van der Waals surface area contributed by atoms with E-state index < -0.39 is 10.0 Å². The number of hydrogen-bond donors (Lipinski definition) is 1. The summed E-state index contributed by atoms with van der Waals surface area (Å²) < 4.78 is 45.9. The summed E-state index contributed by atoms with van der Waals surface area (Å²) in [4.78, 5) is 15.7. The van der Waals surface area contributed by atoms with Gasteiger partial charge in [-0.15, -0.1) is 11.8 Å². The van der Waals surface area contributed by atoms with E-state index in [1.807, 2.05) is 0 Å². The fraction of sp³-hybridized carbons (Fsp3) is 0.409. The van der Waals surface area contributed by atoms with Crippen LogP contribution >= 0.6 is 11.8 Å². The molecule has 1 aliphatic heterocycles. The zero-order chi connectivity index (χ0) is 23.1. The third kappa shape index (κ3) is 6.00. The van der Waals surface area contributed by atoms with Crippen LogP contribution in [0.2, 0.25) is 0 Å². The van der Waals surface area contributed by atoms with E-state index in [0.29, 0.717) is 45.1 Å². The lowest BCUT2D eigenvalue weighted by molar-refractivity contribution is -0.113. The van der Waals surface area contributed by atoms with Crippen LogP contribution in [0.1, 0.15) is 13.8 Å². The van der Waals surface area contributed by atoms with E-state index in [9.17, 15) is 17.6 Å². The number of nitrogens with zero attached hydrogens (tertiary/aromatic N) is 2. The van der Waals surface area contributed by atoms with Crippen molar-refractivity contribution in [3.8, 4) is 0 Å². The van der Waals surface area contributed by atoms with Gasteiger partial charge in [-0.2, -0.15) is 4.31 Å². The first-order valence-electron chi connectivity index (χ1n) is 10.5. The molecular formula is C22H28FN3O4S2. The molecule has 1 aliphatic rings. The van der Waals surface area contributed by atoms with Crippen LogP contribution in [0.25, 0.3) is 0 Å². The van der Waals surface area contributed by atoms with Crippen molar-refractivity contribution in [1.82, 2.24) is 4.31 Å². The lowest BCUT2D eigenvalue weighted by Gasteiger charge is -2.31. The molecule has 3 rings (SSSR count). The molecular weight excluding hydrogens is 453 g/mol. The molecule has 0 saturated carbocycles. The number of thioether (sulfide) groups is 1. The fourth-order valence-corrected chi connectivity index (χ4v) is 5.62. The zero-order valence-corrected chi connectivity index (χ0v) is 19.8. The molecule has 7 nitrogen and oxygen atoms in total. The molecule has 32 heavy (non-hydrogen) atoms. The SMILES string of the molecule is CCN(CC)S(=O)(=O)c1ccc(N2CCOCC2)c(NC(=O)CSc2ccc(F)cc2)c1. The van der Waals surface area contributed by atoms with E-state index in [-0.39, 0.29) is 22.4 Å². The molecule has 0 spiro atoms. The number of carbonyl (C=O) groups is 1. The van der Waals surface area contributed by atoms with E-state index in [0.717, 1.165) is 10.6 Å². The van der Waals surface area contributed by atoms with Crippen LogP contribution in [0.5, 0.6) is 0 Å². The molecule has 0 radical (unpaired) electrons. The Morgan fingerprint density at radius 2 is 1.78 bits per heavy atom. The van der Waals surface area contributed by atoms with Crippen molar-refractivity contribution in [3.05, 3.63) is 48.3 Å². The molecule has 174 valence electrons. The van der Waals surface area contributed by atoms with Crippen molar-refractivity contribution in [3.63, 3.8) is 0 Å². The summed E-state index contributed by atoms with van der Waals surface area (Å²) in [6.45, 7) is 6.72. The summed E-state index contributed by atoms with van der Waals surface area (Å²) in [5.74, 6) is -0.493. The molecule has 0 unspecified atom stereocenters. The number of anilines is 2. The highest BCUT2D eigenvalue weighted by Gasteiger charge is 2.24. The molecule has 0 atom stereocenters. The fourth-order valence-electron chi connectivity index (χ4n) is 3.43. The maximum Gasteiger partial charge on any atom is 0.243 e. The van der Waals surface area contributed by atoms with Crippen LogP contribution in [0.15, 0.2) is 52.3 Å². The van der Waals surface area contributed by atoms with Crippen molar-refractivity contribution in [2.45, 2.75) is 23.6 Å². The third-order valence-corrected chi connectivity index (χ3v) is 8.18. The standard InChI is InChI=1S/C22H28FN3O4S2/c1-3-26(4-2)32(28,29)19-9-10-21(25-11-13-30-14-12-25)20(15-19)24-22(27)16-31-18-7-5-17(23)6-8-18/h5-10,15H,3-4,11-14,16H2,1-2H3,(H,24,27). The van der Waals surface area contributed by atoms with E-state index in [4.69, 9.17) is 4.74 Å². The highest BCUT2D eigenvalue weighted by Crippen LogP contribution is 2.31. The number of sulfonamides is 1. The van der Waals surface area contributed by atoms with E-state index in [1.54, 1.807) is 38.1 Å². The number of ether oxygens (including phenoxy) is 1. The molecule has 1 heterocycles. The van der Waals surface area contributed by atoms with Gasteiger partial charge in [-0.1, -0.05) is 13.8 Å².